The summed E-state index contributed by atoms with van der Waals surface area (Å²) in [6, 6.07) is 7.90. The first-order chi connectivity index (χ1) is 15.4. The predicted molar refractivity (Wildman–Crippen MR) is 115 cm³/mol. The number of nitrogens with one attached hydrogen (secondary N) is 4. The second kappa shape index (κ2) is 9.01. The van der Waals surface area contributed by atoms with Gasteiger partial charge in [-0.1, -0.05) is 6.07 Å². The number of fused-ring (bicyclic) bond motifs is 1. The van der Waals surface area contributed by atoms with E-state index in [0.29, 0.717) is 11.3 Å². The van der Waals surface area contributed by atoms with Gasteiger partial charge in [0.25, 0.3) is 5.91 Å². The number of hydrogen-bond acceptors (Lipinski definition) is 3. The maximum atomic E-state index is 13.7. The first kappa shape index (κ1) is 21.2. The number of nitrogens with zero attached hydrogens (tertiary/aromatic N) is 1. The molecule has 4 N–H and O–H groups in total. The fourth-order valence-electron chi connectivity index (χ4n) is 3.43. The average Bonchev–Trinajstić information content (AvgIpc) is 3.42. The Balaban J connectivity index is 1.50. The monoisotopic (exact) mass is 437 g/mol. The molecule has 7 nitrogen and oxygen atoms in total. The highest BCUT2D eigenvalue weighted by atomic mass is 19.2. The van der Waals surface area contributed by atoms with Crippen LogP contribution in [-0.2, 0) is 17.8 Å². The zero-order valence-electron chi connectivity index (χ0n) is 17.2. The molecule has 0 aliphatic rings. The predicted octanol–water partition coefficient (Wildman–Crippen LogP) is 3.14. The van der Waals surface area contributed by atoms with Gasteiger partial charge in [0.2, 0.25) is 5.91 Å². The van der Waals surface area contributed by atoms with Crippen LogP contribution < -0.4 is 10.6 Å². The van der Waals surface area contributed by atoms with Crippen LogP contribution in [-0.4, -0.2) is 32.8 Å². The van der Waals surface area contributed by atoms with Gasteiger partial charge in [-0.2, -0.15) is 0 Å². The molecule has 4 rings (SSSR count). The van der Waals surface area contributed by atoms with Gasteiger partial charge in [0.15, 0.2) is 11.6 Å². The second-order valence-corrected chi connectivity index (χ2v) is 7.49. The fourth-order valence-corrected chi connectivity index (χ4v) is 3.43. The lowest BCUT2D eigenvalue weighted by atomic mass is 10.0. The molecule has 3 aromatic heterocycles. The minimum Gasteiger partial charge on any atom is -0.357 e. The Bertz CT molecular complexity index is 1280. The van der Waals surface area contributed by atoms with Crippen molar-refractivity contribution < 1.29 is 18.4 Å². The molecule has 1 aromatic carbocycles. The molecule has 0 radical (unpaired) electrons. The largest absolute Gasteiger partial charge is 0.357 e. The zero-order valence-corrected chi connectivity index (χ0v) is 17.2. The van der Waals surface area contributed by atoms with Crippen molar-refractivity contribution in [2.24, 2.45) is 0 Å². The van der Waals surface area contributed by atoms with Crippen LogP contribution in [0.5, 0.6) is 0 Å². The molecule has 164 valence electrons. The number of benzene rings is 1. The number of carbonyl (C=O) groups is 2. The van der Waals surface area contributed by atoms with Gasteiger partial charge in [-0.3, -0.25) is 9.59 Å². The van der Waals surface area contributed by atoms with Crippen molar-refractivity contribution in [2.45, 2.75) is 25.9 Å². The summed E-state index contributed by atoms with van der Waals surface area (Å²) >= 11 is 0. The third-order valence-corrected chi connectivity index (χ3v) is 5.15. The van der Waals surface area contributed by atoms with Crippen molar-refractivity contribution in [3.8, 4) is 0 Å². The van der Waals surface area contributed by atoms with Crippen LogP contribution in [0.3, 0.4) is 0 Å². The van der Waals surface area contributed by atoms with Crippen molar-refractivity contribution in [3.63, 3.8) is 0 Å². The lowest BCUT2D eigenvalue weighted by Crippen LogP contribution is -2.48. The number of aromatic amines is 2. The summed E-state index contributed by atoms with van der Waals surface area (Å²) in [5.74, 6) is -2.92. The van der Waals surface area contributed by atoms with Crippen LogP contribution in [0.4, 0.5) is 8.78 Å². The Labute approximate surface area is 182 Å². The second-order valence-electron chi connectivity index (χ2n) is 7.49. The summed E-state index contributed by atoms with van der Waals surface area (Å²) in [7, 11) is 0. The van der Waals surface area contributed by atoms with Crippen LogP contribution in [0, 0.1) is 18.6 Å². The van der Waals surface area contributed by atoms with Gasteiger partial charge in [0.05, 0.1) is 0 Å². The Morgan fingerprint density at radius 1 is 1.03 bits per heavy atom. The molecule has 1 atom stereocenters. The molecular weight excluding hydrogens is 416 g/mol. The van der Waals surface area contributed by atoms with Crippen molar-refractivity contribution >= 4 is 22.8 Å². The molecule has 0 fully saturated rings. The number of pyridine rings is 1. The normalized spacial score (nSPS) is 12.0. The molecule has 0 spiro atoms. The highest BCUT2D eigenvalue weighted by Crippen LogP contribution is 2.13. The van der Waals surface area contributed by atoms with Crippen LogP contribution in [0.25, 0.3) is 11.0 Å². The lowest BCUT2D eigenvalue weighted by molar-refractivity contribution is -0.123. The Hall–Kier alpha value is -4.01. The number of hydrogen-bond donors (Lipinski definition) is 4. The fraction of sp³-hybridized carbons (Fsp3) is 0.174. The number of H-pyrrole nitrogens is 2. The quantitative estimate of drug-likeness (QED) is 0.357. The van der Waals surface area contributed by atoms with Gasteiger partial charge in [0, 0.05) is 36.9 Å². The Kier molecular flexibility index (Phi) is 5.98. The molecule has 0 saturated carbocycles. The molecule has 9 heteroatoms. The molecule has 0 aliphatic carbocycles. The van der Waals surface area contributed by atoms with Crippen LogP contribution in [0.15, 0.2) is 55.0 Å². The summed E-state index contributed by atoms with van der Waals surface area (Å²) in [4.78, 5) is 35.7. The number of rotatable bonds is 7. The molecule has 3 heterocycles. The summed E-state index contributed by atoms with van der Waals surface area (Å²) < 4.78 is 27.0. The van der Waals surface area contributed by atoms with Crippen molar-refractivity contribution in [1.29, 1.82) is 0 Å². The minimum atomic E-state index is -1.01. The SMILES string of the molecule is Cc1cc[nH]c1C(=O)N[C@@H](Cc1ccc(F)c(F)c1)C(=O)NCc1cnc2[nH]ccc2c1. The Morgan fingerprint density at radius 2 is 1.84 bits per heavy atom. The number of aromatic nitrogens is 3. The lowest BCUT2D eigenvalue weighted by Gasteiger charge is -2.19. The Morgan fingerprint density at radius 3 is 2.59 bits per heavy atom. The summed E-state index contributed by atoms with van der Waals surface area (Å²) in [6.07, 6.45) is 5.03. The maximum Gasteiger partial charge on any atom is 0.268 e. The van der Waals surface area contributed by atoms with Crippen molar-refractivity contribution in [3.05, 3.63) is 89.0 Å². The summed E-state index contributed by atoms with van der Waals surface area (Å²) in [5, 5.41) is 6.38. The van der Waals surface area contributed by atoms with E-state index in [0.717, 1.165) is 34.3 Å². The van der Waals surface area contributed by atoms with Gasteiger partial charge in [-0.15, -0.1) is 0 Å². The van der Waals surface area contributed by atoms with E-state index < -0.39 is 29.5 Å². The molecule has 0 saturated heterocycles. The average molecular weight is 437 g/mol. The van der Waals surface area contributed by atoms with Crippen molar-refractivity contribution in [2.75, 3.05) is 0 Å². The van der Waals surface area contributed by atoms with Gasteiger partial charge in [-0.25, -0.2) is 13.8 Å². The highest BCUT2D eigenvalue weighted by Gasteiger charge is 2.23. The third-order valence-electron chi connectivity index (χ3n) is 5.15. The van der Waals surface area contributed by atoms with Gasteiger partial charge >= 0.3 is 0 Å². The van der Waals surface area contributed by atoms with E-state index in [4.69, 9.17) is 0 Å². The topological polar surface area (TPSA) is 103 Å². The van der Waals surface area contributed by atoms with E-state index in [-0.39, 0.29) is 13.0 Å². The van der Waals surface area contributed by atoms with Gasteiger partial charge in [-0.05, 0) is 53.9 Å². The van der Waals surface area contributed by atoms with E-state index >= 15 is 0 Å². The van der Waals surface area contributed by atoms with E-state index in [1.807, 2.05) is 12.1 Å². The van der Waals surface area contributed by atoms with E-state index in [1.165, 1.54) is 6.07 Å². The molecule has 32 heavy (non-hydrogen) atoms. The van der Waals surface area contributed by atoms with Crippen LogP contribution in [0.1, 0.15) is 27.2 Å². The third kappa shape index (κ3) is 4.66. The highest BCUT2D eigenvalue weighted by molar-refractivity contribution is 5.97. The van der Waals surface area contributed by atoms with E-state index in [2.05, 4.69) is 25.6 Å². The van der Waals surface area contributed by atoms with Crippen LogP contribution >= 0.6 is 0 Å². The molecular formula is C23H21F2N5O2. The number of amides is 2. The van der Waals surface area contributed by atoms with E-state index in [1.54, 1.807) is 31.6 Å². The first-order valence-corrected chi connectivity index (χ1v) is 9.99. The minimum absolute atomic E-state index is 0.0103. The van der Waals surface area contributed by atoms with E-state index in [9.17, 15) is 18.4 Å². The molecule has 0 aliphatic heterocycles. The molecule has 0 bridgehead atoms. The number of carbonyl (C=O) groups excluding carboxylic acids is 2. The first-order valence-electron chi connectivity index (χ1n) is 9.99. The summed E-state index contributed by atoms with van der Waals surface area (Å²) in [6.45, 7) is 1.96. The number of aryl methyl sites for hydroxylation is 1. The van der Waals surface area contributed by atoms with Crippen LogP contribution in [0.2, 0.25) is 0 Å². The maximum absolute atomic E-state index is 13.7. The van der Waals surface area contributed by atoms with Gasteiger partial charge in [0.1, 0.15) is 17.4 Å². The van der Waals surface area contributed by atoms with Crippen molar-refractivity contribution in [1.82, 2.24) is 25.6 Å². The molecule has 4 aromatic rings. The van der Waals surface area contributed by atoms with Gasteiger partial charge < -0.3 is 20.6 Å². The number of halogens is 2. The zero-order chi connectivity index (χ0) is 22.7. The summed E-state index contributed by atoms with van der Waals surface area (Å²) in [5.41, 5.74) is 2.95. The molecule has 0 unspecified atom stereocenters. The molecule has 2 amide bonds. The standard InChI is InChI=1S/C23H21F2N5O2/c1-13-4-6-26-20(13)23(32)30-19(10-14-2-3-17(24)18(25)9-14)22(31)29-12-15-8-16-5-7-27-21(16)28-11-15/h2-9,11,19,26H,10,12H2,1H3,(H,27,28)(H,29,31)(H,30,32)/t19-/m0/s1. The smallest absolute Gasteiger partial charge is 0.268 e.